The van der Waals surface area contributed by atoms with Gasteiger partial charge in [-0.2, -0.15) is 0 Å². The highest BCUT2D eigenvalue weighted by molar-refractivity contribution is 6.03. The SMILES string of the molecule is COc1cccc(NC(=O)c2ccc(N3CCCCCC3)cn2)c1. The van der Waals surface area contributed by atoms with E-state index in [0.717, 1.165) is 18.8 Å². The van der Waals surface area contributed by atoms with Gasteiger partial charge in [0.25, 0.3) is 5.91 Å². The molecule has 1 amide bonds. The van der Waals surface area contributed by atoms with Gasteiger partial charge < -0.3 is 15.0 Å². The summed E-state index contributed by atoms with van der Waals surface area (Å²) in [5.41, 5.74) is 2.20. The van der Waals surface area contributed by atoms with Gasteiger partial charge in [-0.25, -0.2) is 4.98 Å². The molecule has 1 aliphatic heterocycles. The molecule has 5 heteroatoms. The molecule has 0 atom stereocenters. The number of benzene rings is 1. The Kier molecular flexibility index (Phi) is 5.31. The second-order valence-electron chi connectivity index (χ2n) is 5.99. The van der Waals surface area contributed by atoms with Crippen LogP contribution in [0.4, 0.5) is 11.4 Å². The van der Waals surface area contributed by atoms with Gasteiger partial charge in [-0.15, -0.1) is 0 Å². The zero-order valence-corrected chi connectivity index (χ0v) is 14.0. The molecule has 1 saturated heterocycles. The Labute approximate surface area is 142 Å². The summed E-state index contributed by atoms with van der Waals surface area (Å²) in [6.45, 7) is 2.13. The molecule has 0 aliphatic carbocycles. The summed E-state index contributed by atoms with van der Waals surface area (Å²) in [7, 11) is 1.60. The molecule has 5 nitrogen and oxygen atoms in total. The van der Waals surface area contributed by atoms with E-state index in [2.05, 4.69) is 15.2 Å². The first-order chi connectivity index (χ1) is 11.8. The number of aromatic nitrogens is 1. The minimum atomic E-state index is -0.217. The molecule has 0 spiro atoms. The normalized spacial score (nSPS) is 14.8. The standard InChI is InChI=1S/C19H23N3O2/c1-24-17-8-6-7-15(13-17)21-19(23)18-10-9-16(14-20-18)22-11-4-2-3-5-12-22/h6-10,13-14H,2-5,11-12H2,1H3,(H,21,23). The van der Waals surface area contributed by atoms with Crippen LogP contribution in [0.2, 0.25) is 0 Å². The molecule has 0 radical (unpaired) electrons. The number of carbonyl (C=O) groups excluding carboxylic acids is 1. The molecule has 2 heterocycles. The molecule has 0 saturated carbocycles. The van der Waals surface area contributed by atoms with Gasteiger partial charge in [0.15, 0.2) is 0 Å². The van der Waals surface area contributed by atoms with Crippen LogP contribution >= 0.6 is 0 Å². The number of pyridine rings is 1. The van der Waals surface area contributed by atoms with E-state index in [4.69, 9.17) is 4.74 Å². The molecule has 1 aromatic heterocycles. The number of hydrogen-bond acceptors (Lipinski definition) is 4. The van der Waals surface area contributed by atoms with Crippen LogP contribution in [0.15, 0.2) is 42.6 Å². The second-order valence-corrected chi connectivity index (χ2v) is 5.99. The van der Waals surface area contributed by atoms with E-state index in [1.807, 2.05) is 24.3 Å². The van der Waals surface area contributed by atoms with Gasteiger partial charge in [0, 0.05) is 24.8 Å². The minimum Gasteiger partial charge on any atom is -0.497 e. The van der Waals surface area contributed by atoms with Crippen molar-refractivity contribution in [2.24, 2.45) is 0 Å². The zero-order valence-electron chi connectivity index (χ0n) is 14.0. The largest absolute Gasteiger partial charge is 0.497 e. The van der Waals surface area contributed by atoms with Crippen molar-refractivity contribution in [2.45, 2.75) is 25.7 Å². The monoisotopic (exact) mass is 325 g/mol. The summed E-state index contributed by atoms with van der Waals surface area (Å²) in [4.78, 5) is 19.0. The predicted molar refractivity (Wildman–Crippen MR) is 95.9 cm³/mol. The lowest BCUT2D eigenvalue weighted by atomic mass is 10.2. The van der Waals surface area contributed by atoms with Crippen molar-refractivity contribution in [1.82, 2.24) is 4.98 Å². The van der Waals surface area contributed by atoms with Crippen LogP contribution in [-0.2, 0) is 0 Å². The van der Waals surface area contributed by atoms with Crippen molar-refractivity contribution >= 4 is 17.3 Å². The molecule has 2 aromatic rings. The molecule has 1 fully saturated rings. The van der Waals surface area contributed by atoms with Crippen LogP contribution in [-0.4, -0.2) is 31.1 Å². The number of amides is 1. The van der Waals surface area contributed by atoms with Gasteiger partial charge in [0.05, 0.1) is 19.0 Å². The molecular formula is C19H23N3O2. The summed E-state index contributed by atoms with van der Waals surface area (Å²) in [5, 5.41) is 2.85. The highest BCUT2D eigenvalue weighted by Crippen LogP contribution is 2.20. The summed E-state index contributed by atoms with van der Waals surface area (Å²) in [6.07, 6.45) is 6.83. The van der Waals surface area contributed by atoms with Crippen LogP contribution in [0.25, 0.3) is 0 Å². The van der Waals surface area contributed by atoms with E-state index in [-0.39, 0.29) is 5.91 Å². The maximum Gasteiger partial charge on any atom is 0.274 e. The van der Waals surface area contributed by atoms with Gasteiger partial charge in [0.2, 0.25) is 0 Å². The Hall–Kier alpha value is -2.56. The average Bonchev–Trinajstić information content (AvgIpc) is 2.91. The third-order valence-corrected chi connectivity index (χ3v) is 4.28. The van der Waals surface area contributed by atoms with Gasteiger partial charge >= 0.3 is 0 Å². The molecular weight excluding hydrogens is 302 g/mol. The number of ether oxygens (including phenoxy) is 1. The first-order valence-electron chi connectivity index (χ1n) is 8.43. The quantitative estimate of drug-likeness (QED) is 0.931. The van der Waals surface area contributed by atoms with Crippen molar-refractivity contribution in [3.05, 3.63) is 48.3 Å². The van der Waals surface area contributed by atoms with Gasteiger partial charge in [-0.1, -0.05) is 18.9 Å². The summed E-state index contributed by atoms with van der Waals surface area (Å²) in [6, 6.07) is 11.1. The molecule has 1 aliphatic rings. The molecule has 1 aromatic carbocycles. The number of rotatable bonds is 4. The fraction of sp³-hybridized carbons (Fsp3) is 0.368. The van der Waals surface area contributed by atoms with Crippen molar-refractivity contribution in [2.75, 3.05) is 30.4 Å². The Bertz CT molecular complexity index is 677. The molecule has 1 N–H and O–H groups in total. The van der Waals surface area contributed by atoms with Crippen molar-refractivity contribution in [3.63, 3.8) is 0 Å². The first-order valence-corrected chi connectivity index (χ1v) is 8.43. The molecule has 0 unspecified atom stereocenters. The highest BCUT2D eigenvalue weighted by atomic mass is 16.5. The van der Waals surface area contributed by atoms with Gasteiger partial charge in [-0.3, -0.25) is 4.79 Å². The first kappa shape index (κ1) is 16.3. The smallest absolute Gasteiger partial charge is 0.274 e. The fourth-order valence-corrected chi connectivity index (χ4v) is 2.93. The Morgan fingerprint density at radius 2 is 1.92 bits per heavy atom. The van der Waals surface area contributed by atoms with Crippen molar-refractivity contribution in [3.8, 4) is 5.75 Å². The maximum absolute atomic E-state index is 12.3. The third kappa shape index (κ3) is 4.04. The Morgan fingerprint density at radius 3 is 2.58 bits per heavy atom. The summed E-state index contributed by atoms with van der Waals surface area (Å²) < 4.78 is 5.16. The van der Waals surface area contributed by atoms with E-state index in [1.54, 1.807) is 25.4 Å². The minimum absolute atomic E-state index is 0.217. The average molecular weight is 325 g/mol. The Morgan fingerprint density at radius 1 is 1.12 bits per heavy atom. The van der Waals surface area contributed by atoms with E-state index in [1.165, 1.54) is 25.7 Å². The number of hydrogen-bond donors (Lipinski definition) is 1. The van der Waals surface area contributed by atoms with Crippen molar-refractivity contribution in [1.29, 1.82) is 0 Å². The Balaban J connectivity index is 1.66. The van der Waals surface area contributed by atoms with Crippen molar-refractivity contribution < 1.29 is 9.53 Å². The van der Waals surface area contributed by atoms with E-state index >= 15 is 0 Å². The van der Waals surface area contributed by atoms with Crippen LogP contribution in [0.5, 0.6) is 5.75 Å². The fourth-order valence-electron chi connectivity index (χ4n) is 2.93. The van der Waals surface area contributed by atoms with Gasteiger partial charge in [0.1, 0.15) is 11.4 Å². The van der Waals surface area contributed by atoms with Crippen LogP contribution in [0.3, 0.4) is 0 Å². The number of nitrogens with one attached hydrogen (secondary N) is 1. The molecule has 0 bridgehead atoms. The molecule has 126 valence electrons. The molecule has 24 heavy (non-hydrogen) atoms. The number of carbonyl (C=O) groups is 1. The third-order valence-electron chi connectivity index (χ3n) is 4.28. The van der Waals surface area contributed by atoms with Crippen LogP contribution in [0.1, 0.15) is 36.2 Å². The lowest BCUT2D eigenvalue weighted by Gasteiger charge is -2.22. The number of nitrogens with zero attached hydrogens (tertiary/aromatic N) is 2. The highest BCUT2D eigenvalue weighted by Gasteiger charge is 2.12. The predicted octanol–water partition coefficient (Wildman–Crippen LogP) is 3.72. The van der Waals surface area contributed by atoms with E-state index < -0.39 is 0 Å². The lowest BCUT2D eigenvalue weighted by molar-refractivity contribution is 0.102. The van der Waals surface area contributed by atoms with E-state index in [9.17, 15) is 4.79 Å². The van der Waals surface area contributed by atoms with E-state index in [0.29, 0.717) is 17.1 Å². The summed E-state index contributed by atoms with van der Waals surface area (Å²) in [5.74, 6) is 0.489. The topological polar surface area (TPSA) is 54.5 Å². The maximum atomic E-state index is 12.3. The van der Waals surface area contributed by atoms with Gasteiger partial charge in [-0.05, 0) is 37.1 Å². The second kappa shape index (κ2) is 7.81. The number of methoxy groups -OCH3 is 1. The van der Waals surface area contributed by atoms with Crippen LogP contribution in [0, 0.1) is 0 Å². The zero-order chi connectivity index (χ0) is 16.8. The summed E-state index contributed by atoms with van der Waals surface area (Å²) >= 11 is 0. The number of anilines is 2. The lowest BCUT2D eigenvalue weighted by Crippen LogP contribution is -2.24. The molecule has 3 rings (SSSR count). The van der Waals surface area contributed by atoms with Crippen LogP contribution < -0.4 is 15.0 Å².